The number of carbonyl (C=O) groups is 1. The van der Waals surface area contributed by atoms with Crippen molar-refractivity contribution in [1.29, 1.82) is 0 Å². The maximum atomic E-state index is 12.3. The fourth-order valence-electron chi connectivity index (χ4n) is 1.99. The molecule has 1 aliphatic rings. The molecule has 16 heavy (non-hydrogen) atoms. The average molecular weight is 224 g/mol. The van der Waals surface area contributed by atoms with Crippen LogP contribution in [-0.2, 0) is 4.79 Å². The first-order valence-corrected chi connectivity index (χ1v) is 5.79. The molecule has 0 fully saturated rings. The maximum absolute atomic E-state index is 12.3. The van der Waals surface area contributed by atoms with Crippen LogP contribution >= 0.6 is 0 Å². The predicted molar refractivity (Wildman–Crippen MR) is 66.7 cm³/mol. The van der Waals surface area contributed by atoms with Gasteiger partial charge in [0, 0.05) is 23.7 Å². The van der Waals surface area contributed by atoms with E-state index in [1.807, 2.05) is 7.05 Å². The third-order valence-electron chi connectivity index (χ3n) is 2.80. The number of hydrogen-bond acceptors (Lipinski definition) is 2. The lowest BCUT2D eigenvalue weighted by atomic mass is 9.77. The summed E-state index contributed by atoms with van der Waals surface area (Å²) in [6.45, 7) is 13.3. The molecule has 0 aromatic carbocycles. The monoisotopic (exact) mass is 224 g/mol. The smallest absolute Gasteiger partial charge is 0.253 e. The van der Waals surface area contributed by atoms with Crippen molar-refractivity contribution in [2.75, 3.05) is 13.7 Å². The molecule has 1 N–H and O–H groups in total. The van der Waals surface area contributed by atoms with Crippen molar-refractivity contribution in [1.82, 2.24) is 10.2 Å². The van der Waals surface area contributed by atoms with Crippen LogP contribution in [0.3, 0.4) is 0 Å². The van der Waals surface area contributed by atoms with Gasteiger partial charge in [0.2, 0.25) is 0 Å². The molecule has 1 amide bonds. The normalized spacial score (nSPS) is 18.9. The van der Waals surface area contributed by atoms with Crippen LogP contribution in [0.1, 0.15) is 41.5 Å². The molecule has 1 rings (SSSR count). The quantitative estimate of drug-likeness (QED) is 0.685. The van der Waals surface area contributed by atoms with Gasteiger partial charge in [0.05, 0.1) is 6.67 Å². The Bertz CT molecular complexity index is 329. The number of carbonyl (C=O) groups excluding carboxylic acids is 1. The van der Waals surface area contributed by atoms with E-state index in [0.717, 1.165) is 11.3 Å². The summed E-state index contributed by atoms with van der Waals surface area (Å²) in [4.78, 5) is 14.0. The summed E-state index contributed by atoms with van der Waals surface area (Å²) in [6.07, 6.45) is 0. The molecular weight excluding hydrogens is 200 g/mol. The molecule has 0 unspecified atom stereocenters. The SMILES string of the molecule is CN1CNC(C(C)(C)C)=C(C(C)(C)C)C1=O. The predicted octanol–water partition coefficient (Wildman–Crippen LogP) is 2.35. The van der Waals surface area contributed by atoms with Gasteiger partial charge in [0.1, 0.15) is 0 Å². The number of nitrogens with one attached hydrogen (secondary N) is 1. The van der Waals surface area contributed by atoms with Gasteiger partial charge in [0.15, 0.2) is 0 Å². The second-order valence-electron chi connectivity index (χ2n) is 6.59. The fourth-order valence-corrected chi connectivity index (χ4v) is 1.99. The summed E-state index contributed by atoms with van der Waals surface area (Å²) >= 11 is 0. The lowest BCUT2D eigenvalue weighted by Crippen LogP contribution is -2.48. The van der Waals surface area contributed by atoms with E-state index in [2.05, 4.69) is 46.9 Å². The van der Waals surface area contributed by atoms with Gasteiger partial charge in [0.25, 0.3) is 5.91 Å². The van der Waals surface area contributed by atoms with Crippen molar-refractivity contribution in [3.05, 3.63) is 11.3 Å². The Morgan fingerprint density at radius 1 is 1.06 bits per heavy atom. The Balaban J connectivity index is 3.35. The van der Waals surface area contributed by atoms with E-state index in [9.17, 15) is 4.79 Å². The van der Waals surface area contributed by atoms with Crippen LogP contribution < -0.4 is 5.32 Å². The van der Waals surface area contributed by atoms with Crippen LogP contribution in [0, 0.1) is 10.8 Å². The summed E-state index contributed by atoms with van der Waals surface area (Å²) in [5.41, 5.74) is 1.86. The zero-order chi connectivity index (χ0) is 12.7. The first-order valence-electron chi connectivity index (χ1n) is 5.79. The van der Waals surface area contributed by atoms with Gasteiger partial charge in [-0.05, 0) is 5.41 Å². The largest absolute Gasteiger partial charge is 0.370 e. The first kappa shape index (κ1) is 13.1. The molecule has 1 aliphatic heterocycles. The Kier molecular flexibility index (Phi) is 3.10. The third kappa shape index (κ3) is 2.39. The van der Waals surface area contributed by atoms with E-state index in [1.54, 1.807) is 4.90 Å². The minimum Gasteiger partial charge on any atom is -0.370 e. The van der Waals surface area contributed by atoms with E-state index < -0.39 is 0 Å². The Hall–Kier alpha value is -0.990. The van der Waals surface area contributed by atoms with E-state index in [1.165, 1.54) is 0 Å². The molecule has 0 bridgehead atoms. The zero-order valence-electron chi connectivity index (χ0n) is 11.6. The Labute approximate surface area is 98.9 Å². The van der Waals surface area contributed by atoms with Crippen molar-refractivity contribution in [3.8, 4) is 0 Å². The number of amides is 1. The summed E-state index contributed by atoms with van der Waals surface area (Å²) < 4.78 is 0. The molecule has 0 aliphatic carbocycles. The summed E-state index contributed by atoms with van der Waals surface area (Å²) in [5.74, 6) is 0.149. The standard InChI is InChI=1S/C13H24N2O/c1-12(2,3)9-10(13(4,5)6)14-8-15(7)11(9)16/h14H,8H2,1-7H3. The van der Waals surface area contributed by atoms with Gasteiger partial charge >= 0.3 is 0 Å². The van der Waals surface area contributed by atoms with E-state index in [0.29, 0.717) is 6.67 Å². The highest BCUT2D eigenvalue weighted by molar-refractivity contribution is 5.96. The Morgan fingerprint density at radius 2 is 1.56 bits per heavy atom. The topological polar surface area (TPSA) is 32.3 Å². The minimum atomic E-state index is -0.124. The highest BCUT2D eigenvalue weighted by Crippen LogP contribution is 2.37. The third-order valence-corrected chi connectivity index (χ3v) is 2.80. The molecule has 3 nitrogen and oxygen atoms in total. The molecule has 0 spiro atoms. The maximum Gasteiger partial charge on any atom is 0.253 e. The van der Waals surface area contributed by atoms with Crippen molar-refractivity contribution in [2.24, 2.45) is 10.8 Å². The van der Waals surface area contributed by atoms with Gasteiger partial charge in [-0.25, -0.2) is 0 Å². The summed E-state index contributed by atoms with van der Waals surface area (Å²) in [7, 11) is 1.83. The lowest BCUT2D eigenvalue weighted by molar-refractivity contribution is -0.128. The van der Waals surface area contributed by atoms with Crippen molar-refractivity contribution in [2.45, 2.75) is 41.5 Å². The number of allylic oxidation sites excluding steroid dienone is 1. The van der Waals surface area contributed by atoms with Crippen LogP contribution in [0.25, 0.3) is 0 Å². The number of likely N-dealkylation sites (N-methyl/N-ethyl adjacent to an activating group) is 1. The highest BCUT2D eigenvalue weighted by atomic mass is 16.2. The van der Waals surface area contributed by atoms with Crippen LogP contribution in [0.4, 0.5) is 0 Å². The van der Waals surface area contributed by atoms with E-state index in [-0.39, 0.29) is 16.7 Å². The summed E-state index contributed by atoms with van der Waals surface area (Å²) in [5, 5.41) is 3.38. The molecule has 0 saturated carbocycles. The van der Waals surface area contributed by atoms with Crippen LogP contribution in [-0.4, -0.2) is 24.5 Å². The molecule has 0 saturated heterocycles. The number of hydrogen-bond donors (Lipinski definition) is 1. The molecular formula is C13H24N2O. The number of nitrogens with zero attached hydrogens (tertiary/aromatic N) is 1. The second kappa shape index (κ2) is 3.79. The fraction of sp³-hybridized carbons (Fsp3) is 0.769. The molecule has 0 atom stereocenters. The average Bonchev–Trinajstić information content (AvgIpc) is 2.05. The zero-order valence-corrected chi connectivity index (χ0v) is 11.6. The molecule has 0 radical (unpaired) electrons. The minimum absolute atomic E-state index is 0.0144. The van der Waals surface area contributed by atoms with Gasteiger partial charge in [-0.2, -0.15) is 0 Å². The van der Waals surface area contributed by atoms with Crippen LogP contribution in [0.5, 0.6) is 0 Å². The molecule has 92 valence electrons. The van der Waals surface area contributed by atoms with Crippen molar-refractivity contribution in [3.63, 3.8) is 0 Å². The van der Waals surface area contributed by atoms with Gasteiger partial charge in [-0.15, -0.1) is 0 Å². The first-order chi connectivity index (χ1) is 7.05. The highest BCUT2D eigenvalue weighted by Gasteiger charge is 2.36. The van der Waals surface area contributed by atoms with Crippen molar-refractivity contribution >= 4 is 5.91 Å². The molecule has 1 heterocycles. The molecule has 0 aromatic heterocycles. The number of rotatable bonds is 0. The second-order valence-corrected chi connectivity index (χ2v) is 6.59. The molecule has 0 aromatic rings. The Morgan fingerprint density at radius 3 is 1.94 bits per heavy atom. The van der Waals surface area contributed by atoms with E-state index in [4.69, 9.17) is 0 Å². The summed E-state index contributed by atoms with van der Waals surface area (Å²) in [6, 6.07) is 0. The van der Waals surface area contributed by atoms with Gasteiger partial charge in [-0.1, -0.05) is 41.5 Å². The lowest BCUT2D eigenvalue weighted by Gasteiger charge is -2.39. The van der Waals surface area contributed by atoms with Gasteiger partial charge < -0.3 is 10.2 Å². The molecule has 3 heteroatoms. The van der Waals surface area contributed by atoms with Crippen LogP contribution in [0.2, 0.25) is 0 Å². The van der Waals surface area contributed by atoms with Crippen molar-refractivity contribution < 1.29 is 4.79 Å². The van der Waals surface area contributed by atoms with E-state index >= 15 is 0 Å². The van der Waals surface area contributed by atoms with Gasteiger partial charge in [-0.3, -0.25) is 4.79 Å². The van der Waals surface area contributed by atoms with Crippen LogP contribution in [0.15, 0.2) is 11.3 Å².